The molecule has 0 amide bonds. The van der Waals surface area contributed by atoms with Gasteiger partial charge >= 0.3 is 0 Å². The molecule has 0 aliphatic rings. The SMILES string of the molecule is Cc1ccc(F)c(COC(C)(C)C)c1F. The first kappa shape index (κ1) is 12.1. The molecule has 1 nitrogen and oxygen atoms in total. The summed E-state index contributed by atoms with van der Waals surface area (Å²) < 4.78 is 32.2. The Bertz CT molecular complexity index is 353. The van der Waals surface area contributed by atoms with Gasteiger partial charge in [-0.2, -0.15) is 0 Å². The second-order valence-electron chi connectivity index (χ2n) is 4.56. The zero-order valence-corrected chi connectivity index (χ0v) is 9.53. The smallest absolute Gasteiger partial charge is 0.134 e. The predicted molar refractivity (Wildman–Crippen MR) is 55.6 cm³/mol. The molecule has 0 aromatic heterocycles. The molecule has 1 aromatic carbocycles. The molecule has 0 bridgehead atoms. The molecule has 15 heavy (non-hydrogen) atoms. The Balaban J connectivity index is 2.90. The maximum Gasteiger partial charge on any atom is 0.134 e. The van der Waals surface area contributed by atoms with E-state index < -0.39 is 17.2 Å². The van der Waals surface area contributed by atoms with Crippen molar-refractivity contribution in [1.29, 1.82) is 0 Å². The van der Waals surface area contributed by atoms with Gasteiger partial charge in [0.1, 0.15) is 11.6 Å². The number of ether oxygens (including phenoxy) is 1. The fourth-order valence-corrected chi connectivity index (χ4v) is 1.14. The van der Waals surface area contributed by atoms with Crippen LogP contribution in [-0.4, -0.2) is 5.60 Å². The van der Waals surface area contributed by atoms with E-state index in [9.17, 15) is 8.78 Å². The van der Waals surface area contributed by atoms with Gasteiger partial charge in [0.05, 0.1) is 12.2 Å². The van der Waals surface area contributed by atoms with Crippen LogP contribution in [0.1, 0.15) is 31.9 Å². The largest absolute Gasteiger partial charge is 0.371 e. The van der Waals surface area contributed by atoms with E-state index in [1.165, 1.54) is 12.1 Å². The lowest BCUT2D eigenvalue weighted by Crippen LogP contribution is -2.19. The van der Waals surface area contributed by atoms with E-state index in [0.29, 0.717) is 5.56 Å². The summed E-state index contributed by atoms with van der Waals surface area (Å²) in [6.45, 7) is 7.11. The summed E-state index contributed by atoms with van der Waals surface area (Å²) >= 11 is 0. The highest BCUT2D eigenvalue weighted by molar-refractivity contribution is 5.26. The Morgan fingerprint density at radius 1 is 1.20 bits per heavy atom. The zero-order chi connectivity index (χ0) is 11.6. The molecule has 1 rings (SSSR count). The number of halogens is 2. The van der Waals surface area contributed by atoms with Crippen molar-refractivity contribution >= 4 is 0 Å². The third-order valence-corrected chi connectivity index (χ3v) is 2.03. The standard InChI is InChI=1S/C12H16F2O/c1-8-5-6-10(13)9(11(8)14)7-15-12(2,3)4/h5-6H,7H2,1-4H3. The van der Waals surface area contributed by atoms with Crippen LogP contribution in [0.25, 0.3) is 0 Å². The van der Waals surface area contributed by atoms with Gasteiger partial charge in [0.2, 0.25) is 0 Å². The van der Waals surface area contributed by atoms with Crippen LogP contribution in [0.5, 0.6) is 0 Å². The van der Waals surface area contributed by atoms with Crippen LogP contribution in [0.4, 0.5) is 8.78 Å². The lowest BCUT2D eigenvalue weighted by atomic mass is 10.1. The molecule has 0 N–H and O–H groups in total. The highest BCUT2D eigenvalue weighted by Gasteiger charge is 2.16. The quantitative estimate of drug-likeness (QED) is 0.731. The highest BCUT2D eigenvalue weighted by atomic mass is 19.1. The summed E-state index contributed by atoms with van der Waals surface area (Å²) in [5.74, 6) is -1.07. The molecule has 0 saturated carbocycles. The van der Waals surface area contributed by atoms with Crippen molar-refractivity contribution < 1.29 is 13.5 Å². The minimum atomic E-state index is -0.553. The second kappa shape index (κ2) is 4.27. The van der Waals surface area contributed by atoms with Crippen molar-refractivity contribution in [2.24, 2.45) is 0 Å². The Hall–Kier alpha value is -0.960. The Kier molecular flexibility index (Phi) is 3.45. The molecule has 0 aliphatic carbocycles. The van der Waals surface area contributed by atoms with Gasteiger partial charge in [0.15, 0.2) is 0 Å². The van der Waals surface area contributed by atoms with E-state index >= 15 is 0 Å². The number of hydrogen-bond acceptors (Lipinski definition) is 1. The molecule has 1 aromatic rings. The summed E-state index contributed by atoms with van der Waals surface area (Å²) in [6.07, 6.45) is 0. The van der Waals surface area contributed by atoms with Crippen molar-refractivity contribution in [3.63, 3.8) is 0 Å². The summed E-state index contributed by atoms with van der Waals surface area (Å²) in [6, 6.07) is 2.69. The van der Waals surface area contributed by atoms with Gasteiger partial charge in [0.25, 0.3) is 0 Å². The van der Waals surface area contributed by atoms with Gasteiger partial charge in [-0.1, -0.05) is 6.07 Å². The Morgan fingerprint density at radius 3 is 2.33 bits per heavy atom. The molecule has 0 spiro atoms. The van der Waals surface area contributed by atoms with E-state index in [2.05, 4.69) is 0 Å². The first-order valence-corrected chi connectivity index (χ1v) is 4.89. The lowest BCUT2D eigenvalue weighted by molar-refractivity contribution is -0.0173. The van der Waals surface area contributed by atoms with Gasteiger partial charge in [0, 0.05) is 5.56 Å². The third kappa shape index (κ3) is 3.27. The van der Waals surface area contributed by atoms with Crippen LogP contribution in [0, 0.1) is 18.6 Å². The summed E-state index contributed by atoms with van der Waals surface area (Å²) in [7, 11) is 0. The van der Waals surface area contributed by atoms with Gasteiger partial charge in [-0.25, -0.2) is 8.78 Å². The fourth-order valence-electron chi connectivity index (χ4n) is 1.14. The first-order valence-electron chi connectivity index (χ1n) is 4.89. The van der Waals surface area contributed by atoms with Crippen molar-refractivity contribution in [3.05, 3.63) is 34.9 Å². The molecular weight excluding hydrogens is 198 g/mol. The maximum absolute atomic E-state index is 13.5. The molecule has 84 valence electrons. The maximum atomic E-state index is 13.5. The molecule has 0 heterocycles. The van der Waals surface area contributed by atoms with Gasteiger partial charge in [-0.05, 0) is 39.3 Å². The summed E-state index contributed by atoms with van der Waals surface area (Å²) in [5, 5.41) is 0. The molecule has 0 fully saturated rings. The Labute approximate surface area is 89.1 Å². The lowest BCUT2D eigenvalue weighted by Gasteiger charge is -2.20. The average Bonchev–Trinajstić information content (AvgIpc) is 2.10. The van der Waals surface area contributed by atoms with E-state index in [-0.39, 0.29) is 12.2 Å². The molecule has 0 atom stereocenters. The average molecular weight is 214 g/mol. The summed E-state index contributed by atoms with van der Waals surface area (Å²) in [4.78, 5) is 0. The molecule has 0 aliphatic heterocycles. The minimum Gasteiger partial charge on any atom is -0.371 e. The van der Waals surface area contributed by atoms with Crippen LogP contribution in [0.3, 0.4) is 0 Å². The highest BCUT2D eigenvalue weighted by Crippen LogP contribution is 2.19. The predicted octanol–water partition coefficient (Wildman–Crippen LogP) is 3.59. The van der Waals surface area contributed by atoms with Crippen molar-refractivity contribution in [1.82, 2.24) is 0 Å². The molecule has 0 saturated heterocycles. The molecular formula is C12H16F2O. The first-order chi connectivity index (χ1) is 6.81. The van der Waals surface area contributed by atoms with Crippen LogP contribution in [0.15, 0.2) is 12.1 Å². The number of aryl methyl sites for hydroxylation is 1. The fraction of sp³-hybridized carbons (Fsp3) is 0.500. The van der Waals surface area contributed by atoms with E-state index in [1.54, 1.807) is 6.92 Å². The second-order valence-corrected chi connectivity index (χ2v) is 4.56. The van der Waals surface area contributed by atoms with Gasteiger partial charge in [-0.3, -0.25) is 0 Å². The molecule has 0 unspecified atom stereocenters. The number of rotatable bonds is 2. The van der Waals surface area contributed by atoms with Crippen LogP contribution in [-0.2, 0) is 11.3 Å². The van der Waals surface area contributed by atoms with Crippen molar-refractivity contribution in [3.8, 4) is 0 Å². The van der Waals surface area contributed by atoms with Crippen LogP contribution < -0.4 is 0 Å². The number of hydrogen-bond donors (Lipinski definition) is 0. The topological polar surface area (TPSA) is 9.23 Å². The normalized spacial score (nSPS) is 11.9. The van der Waals surface area contributed by atoms with Gasteiger partial charge in [-0.15, -0.1) is 0 Å². The van der Waals surface area contributed by atoms with Gasteiger partial charge < -0.3 is 4.74 Å². The van der Waals surface area contributed by atoms with Crippen molar-refractivity contribution in [2.75, 3.05) is 0 Å². The van der Waals surface area contributed by atoms with E-state index in [4.69, 9.17) is 4.74 Å². The molecule has 0 radical (unpaired) electrons. The van der Waals surface area contributed by atoms with E-state index in [0.717, 1.165) is 0 Å². The van der Waals surface area contributed by atoms with Crippen molar-refractivity contribution in [2.45, 2.75) is 39.9 Å². The van der Waals surface area contributed by atoms with Crippen LogP contribution >= 0.6 is 0 Å². The minimum absolute atomic E-state index is 0.00456. The van der Waals surface area contributed by atoms with E-state index in [1.807, 2.05) is 20.8 Å². The summed E-state index contributed by atoms with van der Waals surface area (Å²) in [5.41, 5.74) is 0.0386. The van der Waals surface area contributed by atoms with Crippen LogP contribution in [0.2, 0.25) is 0 Å². The monoisotopic (exact) mass is 214 g/mol. The number of benzene rings is 1. The Morgan fingerprint density at radius 2 is 1.80 bits per heavy atom. The molecule has 3 heteroatoms. The zero-order valence-electron chi connectivity index (χ0n) is 9.53. The third-order valence-electron chi connectivity index (χ3n) is 2.03.